The van der Waals surface area contributed by atoms with Gasteiger partial charge >= 0.3 is 6.09 Å². The van der Waals surface area contributed by atoms with Crippen LogP contribution in [0.25, 0.3) is 0 Å². The number of likely N-dealkylation sites (tertiary alicyclic amines) is 1. The van der Waals surface area contributed by atoms with Crippen LogP contribution in [-0.2, 0) is 4.74 Å². The summed E-state index contributed by atoms with van der Waals surface area (Å²) >= 11 is 0. The smallest absolute Gasteiger partial charge is 0.410 e. The van der Waals surface area contributed by atoms with Crippen molar-refractivity contribution in [1.82, 2.24) is 4.90 Å². The summed E-state index contributed by atoms with van der Waals surface area (Å²) in [5.41, 5.74) is 7.03. The van der Waals surface area contributed by atoms with Gasteiger partial charge in [-0.15, -0.1) is 0 Å². The summed E-state index contributed by atoms with van der Waals surface area (Å²) in [5.74, 6) is 0. The Hall–Kier alpha value is -1.52. The van der Waals surface area contributed by atoms with E-state index in [0.717, 1.165) is 18.4 Å². The second-order valence-corrected chi connectivity index (χ2v) is 5.86. The quantitative estimate of drug-likeness (QED) is 0.781. The van der Waals surface area contributed by atoms with Crippen molar-refractivity contribution in [3.05, 3.63) is 11.3 Å². The molecule has 0 aromatic heterocycles. The molecule has 0 unspecified atom stereocenters. The fourth-order valence-electron chi connectivity index (χ4n) is 2.22. The zero-order valence-corrected chi connectivity index (χ0v) is 12.6. The lowest BCUT2D eigenvalue weighted by atomic mass is 10.0. The molecule has 0 aromatic rings. The topological polar surface area (TPSA) is 67.9 Å². The molecule has 1 heterocycles. The number of carbonyl (C=O) groups is 1. The molecule has 0 aromatic carbocycles. The minimum atomic E-state index is -0.481. The normalized spacial score (nSPS) is 21.7. The maximum Gasteiger partial charge on any atom is 0.410 e. The number of nitrogens with two attached hydrogens (primary N) is 1. The number of allylic oxidation sites excluding steroid dienone is 1. The molecule has 2 N–H and O–H groups in total. The lowest BCUT2D eigenvalue weighted by Crippen LogP contribution is -2.41. The molecule has 1 saturated heterocycles. The number of carbonyl (C=O) groups excluding carboxylic acids is 1. The molecule has 1 rings (SSSR count). The van der Waals surface area contributed by atoms with E-state index < -0.39 is 5.60 Å². The van der Waals surface area contributed by atoms with Crippen LogP contribution in [0.1, 0.15) is 40.5 Å². The number of amides is 1. The standard InChI is InChI=1S/C14H25N3O2/c1-10(15)11(9-16-5)12-7-6-8-17(12)13(18)19-14(2,3)4/h9,12H,6-8,15H2,1-5H3/t12-/m1/s1. The molecule has 1 atom stereocenters. The molecule has 0 saturated carbocycles. The average Bonchev–Trinajstić information content (AvgIpc) is 2.71. The van der Waals surface area contributed by atoms with Crippen molar-refractivity contribution in [2.75, 3.05) is 13.6 Å². The van der Waals surface area contributed by atoms with Crippen molar-refractivity contribution >= 4 is 12.3 Å². The molecule has 0 aliphatic carbocycles. The molecule has 0 spiro atoms. The first kappa shape index (κ1) is 15.5. The van der Waals surface area contributed by atoms with E-state index in [0.29, 0.717) is 12.2 Å². The van der Waals surface area contributed by atoms with Crippen LogP contribution in [0.4, 0.5) is 4.79 Å². The van der Waals surface area contributed by atoms with Gasteiger partial charge in [-0.05, 0) is 40.5 Å². The molecule has 108 valence electrons. The van der Waals surface area contributed by atoms with Crippen LogP contribution in [0.2, 0.25) is 0 Å². The van der Waals surface area contributed by atoms with Crippen molar-refractivity contribution in [2.24, 2.45) is 10.7 Å². The first-order valence-corrected chi connectivity index (χ1v) is 6.64. The SMILES string of the molecule is CN=CC(=C(C)N)[C@H]1CCCN1C(=O)OC(C)(C)C. The second-order valence-electron chi connectivity index (χ2n) is 5.86. The molecule has 5 heteroatoms. The summed E-state index contributed by atoms with van der Waals surface area (Å²) in [4.78, 5) is 18.0. The van der Waals surface area contributed by atoms with E-state index in [9.17, 15) is 4.79 Å². The van der Waals surface area contributed by atoms with E-state index in [1.165, 1.54) is 0 Å². The minimum Gasteiger partial charge on any atom is -0.444 e. The maximum absolute atomic E-state index is 12.2. The highest BCUT2D eigenvalue weighted by Crippen LogP contribution is 2.26. The van der Waals surface area contributed by atoms with Crippen LogP contribution in [0.15, 0.2) is 16.3 Å². The predicted molar refractivity (Wildman–Crippen MR) is 77.3 cm³/mol. The molecule has 5 nitrogen and oxygen atoms in total. The number of hydrogen-bond donors (Lipinski definition) is 1. The van der Waals surface area contributed by atoms with Gasteiger partial charge in [0.05, 0.1) is 6.04 Å². The van der Waals surface area contributed by atoms with Crippen molar-refractivity contribution in [2.45, 2.75) is 52.2 Å². The lowest BCUT2D eigenvalue weighted by Gasteiger charge is -2.29. The van der Waals surface area contributed by atoms with E-state index in [-0.39, 0.29) is 12.1 Å². The van der Waals surface area contributed by atoms with Crippen molar-refractivity contribution in [3.8, 4) is 0 Å². The molecule has 0 radical (unpaired) electrons. The van der Waals surface area contributed by atoms with Gasteiger partial charge in [0.15, 0.2) is 0 Å². The fraction of sp³-hybridized carbons (Fsp3) is 0.714. The molecule has 19 heavy (non-hydrogen) atoms. The Kier molecular flexibility index (Phi) is 4.97. The second kappa shape index (κ2) is 6.08. The molecule has 1 fully saturated rings. The molecule has 1 amide bonds. The van der Waals surface area contributed by atoms with Gasteiger partial charge in [-0.2, -0.15) is 0 Å². The van der Waals surface area contributed by atoms with Gasteiger partial charge < -0.3 is 15.4 Å². The average molecular weight is 267 g/mol. The van der Waals surface area contributed by atoms with Gasteiger partial charge in [-0.25, -0.2) is 4.79 Å². The highest BCUT2D eigenvalue weighted by atomic mass is 16.6. The third-order valence-electron chi connectivity index (χ3n) is 2.96. The molecule has 0 bridgehead atoms. The highest BCUT2D eigenvalue weighted by Gasteiger charge is 2.34. The Balaban J connectivity index is 2.90. The number of rotatable bonds is 2. The largest absolute Gasteiger partial charge is 0.444 e. The van der Waals surface area contributed by atoms with E-state index in [1.807, 2.05) is 27.7 Å². The molecular weight excluding hydrogens is 242 g/mol. The van der Waals surface area contributed by atoms with Crippen LogP contribution >= 0.6 is 0 Å². The van der Waals surface area contributed by atoms with Crippen molar-refractivity contribution < 1.29 is 9.53 Å². The van der Waals surface area contributed by atoms with E-state index >= 15 is 0 Å². The third-order valence-corrected chi connectivity index (χ3v) is 2.96. The van der Waals surface area contributed by atoms with E-state index in [4.69, 9.17) is 10.5 Å². The van der Waals surface area contributed by atoms with E-state index in [2.05, 4.69) is 4.99 Å². The van der Waals surface area contributed by atoms with Gasteiger partial charge in [0, 0.05) is 31.1 Å². The van der Waals surface area contributed by atoms with Gasteiger partial charge in [-0.3, -0.25) is 4.99 Å². The lowest BCUT2D eigenvalue weighted by molar-refractivity contribution is 0.0252. The predicted octanol–water partition coefficient (Wildman–Crippen LogP) is 2.32. The Morgan fingerprint density at radius 3 is 2.58 bits per heavy atom. The Labute approximate surface area is 115 Å². The summed E-state index contributed by atoms with van der Waals surface area (Å²) < 4.78 is 5.44. The van der Waals surface area contributed by atoms with Gasteiger partial charge in [0.2, 0.25) is 0 Å². The summed E-state index contributed by atoms with van der Waals surface area (Å²) in [6.07, 6.45) is 3.31. The van der Waals surface area contributed by atoms with Crippen molar-refractivity contribution in [1.29, 1.82) is 0 Å². The first-order chi connectivity index (χ1) is 8.76. The minimum absolute atomic E-state index is 0.0245. The number of aliphatic imine (C=N–C) groups is 1. The fourth-order valence-corrected chi connectivity index (χ4v) is 2.22. The third kappa shape index (κ3) is 4.26. The maximum atomic E-state index is 12.2. The summed E-state index contributed by atoms with van der Waals surface area (Å²) in [5, 5.41) is 0. The van der Waals surface area contributed by atoms with Crippen LogP contribution in [0, 0.1) is 0 Å². The molecule has 1 aliphatic rings. The van der Waals surface area contributed by atoms with Crippen LogP contribution in [0.5, 0.6) is 0 Å². The zero-order chi connectivity index (χ0) is 14.6. The molecule has 1 aliphatic heterocycles. The van der Waals surface area contributed by atoms with Crippen LogP contribution in [0.3, 0.4) is 0 Å². The number of ether oxygens (including phenoxy) is 1. The Bertz CT molecular complexity index is 390. The Morgan fingerprint density at radius 1 is 1.47 bits per heavy atom. The summed E-state index contributed by atoms with van der Waals surface area (Å²) in [7, 11) is 1.70. The van der Waals surface area contributed by atoms with E-state index in [1.54, 1.807) is 18.2 Å². The first-order valence-electron chi connectivity index (χ1n) is 6.64. The van der Waals surface area contributed by atoms with Gasteiger partial charge in [0.25, 0.3) is 0 Å². The monoisotopic (exact) mass is 267 g/mol. The number of nitrogens with zero attached hydrogens (tertiary/aromatic N) is 2. The molecular formula is C14H25N3O2. The van der Waals surface area contributed by atoms with Crippen molar-refractivity contribution in [3.63, 3.8) is 0 Å². The summed E-state index contributed by atoms with van der Waals surface area (Å²) in [6.45, 7) is 8.15. The van der Waals surface area contributed by atoms with Crippen LogP contribution in [-0.4, -0.2) is 42.4 Å². The number of hydrogen-bond acceptors (Lipinski definition) is 4. The van der Waals surface area contributed by atoms with Gasteiger partial charge in [0.1, 0.15) is 5.60 Å². The zero-order valence-electron chi connectivity index (χ0n) is 12.6. The highest BCUT2D eigenvalue weighted by molar-refractivity contribution is 5.83. The Morgan fingerprint density at radius 2 is 2.11 bits per heavy atom. The van der Waals surface area contributed by atoms with Gasteiger partial charge in [-0.1, -0.05) is 0 Å². The van der Waals surface area contributed by atoms with Crippen LogP contribution < -0.4 is 5.73 Å². The summed E-state index contributed by atoms with van der Waals surface area (Å²) in [6, 6.07) is -0.0245.